The summed E-state index contributed by atoms with van der Waals surface area (Å²) in [6.45, 7) is 7.25. The second kappa shape index (κ2) is 8.10. The first-order valence-corrected chi connectivity index (χ1v) is 9.95. The Balaban J connectivity index is 1.35. The standard InChI is InChI=1S/C21H24N6O3/c1-4-26-11-16(9-23-26)20-24-18(30-25-20)10-22-21(29)15-8-19(28)27(12-15)17-6-5-13(2)14(3)7-17/h5-7,9,11,15H,4,8,10,12H2,1-3H3,(H,22,29)/t15-/m1/s1. The van der Waals surface area contributed by atoms with Gasteiger partial charge in [-0.2, -0.15) is 10.1 Å². The van der Waals surface area contributed by atoms with Crippen molar-refractivity contribution in [1.29, 1.82) is 0 Å². The number of amides is 2. The summed E-state index contributed by atoms with van der Waals surface area (Å²) in [5.74, 6) is 0.0674. The summed E-state index contributed by atoms with van der Waals surface area (Å²) < 4.78 is 6.99. The van der Waals surface area contributed by atoms with Crippen LogP contribution in [-0.4, -0.2) is 38.3 Å². The molecule has 156 valence electrons. The maximum absolute atomic E-state index is 12.6. The number of aryl methyl sites for hydroxylation is 3. The SMILES string of the molecule is CCn1cc(-c2noc(CNC(=O)[C@@H]3CC(=O)N(c4ccc(C)c(C)c4)C3)n2)cn1. The van der Waals surface area contributed by atoms with Gasteiger partial charge in [-0.05, 0) is 44.0 Å². The molecule has 4 rings (SSSR count). The fourth-order valence-electron chi connectivity index (χ4n) is 3.43. The molecule has 3 heterocycles. The Kier molecular flexibility index (Phi) is 5.35. The molecular weight excluding hydrogens is 384 g/mol. The van der Waals surface area contributed by atoms with Crippen molar-refractivity contribution in [1.82, 2.24) is 25.2 Å². The molecule has 1 aliphatic rings. The second-order valence-corrected chi connectivity index (χ2v) is 7.49. The van der Waals surface area contributed by atoms with E-state index >= 15 is 0 Å². The number of carbonyl (C=O) groups excluding carboxylic acids is 2. The fourth-order valence-corrected chi connectivity index (χ4v) is 3.43. The Morgan fingerprint density at radius 3 is 2.87 bits per heavy atom. The van der Waals surface area contributed by atoms with Crippen LogP contribution < -0.4 is 10.2 Å². The van der Waals surface area contributed by atoms with Gasteiger partial charge in [0.05, 0.1) is 24.2 Å². The lowest BCUT2D eigenvalue weighted by molar-refractivity contribution is -0.126. The van der Waals surface area contributed by atoms with Crippen LogP contribution in [0.2, 0.25) is 0 Å². The molecule has 9 heteroatoms. The maximum atomic E-state index is 12.6. The topological polar surface area (TPSA) is 106 Å². The molecule has 3 aromatic rings. The van der Waals surface area contributed by atoms with Gasteiger partial charge < -0.3 is 14.7 Å². The average Bonchev–Trinajstić information content (AvgIpc) is 3.47. The highest BCUT2D eigenvalue weighted by Crippen LogP contribution is 2.27. The van der Waals surface area contributed by atoms with Gasteiger partial charge in [-0.15, -0.1) is 0 Å². The Morgan fingerprint density at radius 2 is 2.13 bits per heavy atom. The van der Waals surface area contributed by atoms with Crippen molar-refractivity contribution in [3.63, 3.8) is 0 Å². The number of aromatic nitrogens is 4. The smallest absolute Gasteiger partial charge is 0.246 e. The molecule has 1 saturated heterocycles. The summed E-state index contributed by atoms with van der Waals surface area (Å²) in [5, 5.41) is 10.9. The molecule has 0 radical (unpaired) electrons. The van der Waals surface area contributed by atoms with E-state index in [1.807, 2.05) is 45.2 Å². The Morgan fingerprint density at radius 1 is 1.30 bits per heavy atom. The van der Waals surface area contributed by atoms with Crippen LogP contribution in [0.5, 0.6) is 0 Å². The first-order valence-electron chi connectivity index (χ1n) is 9.95. The summed E-state index contributed by atoms with van der Waals surface area (Å²) in [4.78, 5) is 31.0. The molecule has 1 aliphatic heterocycles. The molecule has 0 aliphatic carbocycles. The summed E-state index contributed by atoms with van der Waals surface area (Å²) in [5.41, 5.74) is 3.86. The molecule has 2 amide bonds. The molecular formula is C21H24N6O3. The molecule has 0 saturated carbocycles. The van der Waals surface area contributed by atoms with Crippen molar-refractivity contribution >= 4 is 17.5 Å². The van der Waals surface area contributed by atoms with Gasteiger partial charge >= 0.3 is 0 Å². The van der Waals surface area contributed by atoms with Crippen LogP contribution in [0.25, 0.3) is 11.4 Å². The van der Waals surface area contributed by atoms with Crippen LogP contribution >= 0.6 is 0 Å². The van der Waals surface area contributed by atoms with E-state index in [4.69, 9.17) is 4.52 Å². The minimum atomic E-state index is -0.413. The van der Waals surface area contributed by atoms with E-state index in [1.54, 1.807) is 15.8 Å². The zero-order chi connectivity index (χ0) is 21.3. The quantitative estimate of drug-likeness (QED) is 0.670. The highest BCUT2D eigenvalue weighted by Gasteiger charge is 2.35. The van der Waals surface area contributed by atoms with Crippen LogP contribution in [-0.2, 0) is 22.7 Å². The van der Waals surface area contributed by atoms with Gasteiger partial charge in [-0.1, -0.05) is 11.2 Å². The van der Waals surface area contributed by atoms with Crippen molar-refractivity contribution in [2.24, 2.45) is 5.92 Å². The predicted octanol–water partition coefficient (Wildman–Crippen LogP) is 2.24. The number of anilines is 1. The molecule has 1 N–H and O–H groups in total. The van der Waals surface area contributed by atoms with Crippen molar-refractivity contribution in [3.8, 4) is 11.4 Å². The minimum Gasteiger partial charge on any atom is -0.347 e. The third-order valence-electron chi connectivity index (χ3n) is 5.40. The number of hydrogen-bond donors (Lipinski definition) is 1. The third-order valence-corrected chi connectivity index (χ3v) is 5.40. The van der Waals surface area contributed by atoms with Crippen LogP contribution in [0, 0.1) is 19.8 Å². The van der Waals surface area contributed by atoms with E-state index in [-0.39, 0.29) is 24.8 Å². The van der Waals surface area contributed by atoms with Gasteiger partial charge in [0.15, 0.2) is 0 Å². The first kappa shape index (κ1) is 19.8. The number of benzene rings is 1. The zero-order valence-corrected chi connectivity index (χ0v) is 17.3. The van der Waals surface area contributed by atoms with Gasteiger partial charge in [0, 0.05) is 31.4 Å². The molecule has 30 heavy (non-hydrogen) atoms. The number of rotatable bonds is 6. The number of carbonyl (C=O) groups is 2. The lowest BCUT2D eigenvalue weighted by atomic mass is 10.1. The Bertz CT molecular complexity index is 1090. The largest absolute Gasteiger partial charge is 0.347 e. The van der Waals surface area contributed by atoms with Gasteiger partial charge in [0.25, 0.3) is 0 Å². The summed E-state index contributed by atoms with van der Waals surface area (Å²) in [6.07, 6.45) is 3.69. The first-order chi connectivity index (χ1) is 14.4. The third kappa shape index (κ3) is 3.96. The Labute approximate surface area is 174 Å². The fraction of sp³-hybridized carbons (Fsp3) is 0.381. The van der Waals surface area contributed by atoms with Crippen molar-refractivity contribution in [3.05, 3.63) is 47.6 Å². The van der Waals surface area contributed by atoms with Crippen LogP contribution in [0.1, 0.15) is 30.4 Å². The molecule has 0 unspecified atom stereocenters. The second-order valence-electron chi connectivity index (χ2n) is 7.49. The highest BCUT2D eigenvalue weighted by molar-refractivity contribution is 6.00. The lowest BCUT2D eigenvalue weighted by Gasteiger charge is -2.18. The normalized spacial score (nSPS) is 16.3. The molecule has 9 nitrogen and oxygen atoms in total. The van der Waals surface area contributed by atoms with Gasteiger partial charge in [-0.3, -0.25) is 14.3 Å². The summed E-state index contributed by atoms with van der Waals surface area (Å²) in [6, 6.07) is 5.89. The molecule has 0 bridgehead atoms. The average molecular weight is 408 g/mol. The molecule has 1 fully saturated rings. The van der Waals surface area contributed by atoms with Gasteiger partial charge in [-0.25, -0.2) is 0 Å². The monoisotopic (exact) mass is 408 g/mol. The Hall–Kier alpha value is -3.49. The van der Waals surface area contributed by atoms with Crippen molar-refractivity contribution in [2.45, 2.75) is 40.3 Å². The summed E-state index contributed by atoms with van der Waals surface area (Å²) in [7, 11) is 0. The number of hydrogen-bond acceptors (Lipinski definition) is 6. The minimum absolute atomic E-state index is 0.0496. The van der Waals surface area contributed by atoms with Crippen LogP contribution in [0.15, 0.2) is 35.1 Å². The molecule has 0 spiro atoms. The van der Waals surface area contributed by atoms with Gasteiger partial charge in [0.2, 0.25) is 23.5 Å². The molecule has 1 atom stereocenters. The highest BCUT2D eigenvalue weighted by atomic mass is 16.5. The molecule has 1 aromatic carbocycles. The van der Waals surface area contributed by atoms with Crippen LogP contribution in [0.4, 0.5) is 5.69 Å². The molecule has 2 aromatic heterocycles. The van der Waals surface area contributed by atoms with E-state index in [0.29, 0.717) is 18.3 Å². The van der Waals surface area contributed by atoms with E-state index in [2.05, 4.69) is 20.6 Å². The predicted molar refractivity (Wildman–Crippen MR) is 109 cm³/mol. The summed E-state index contributed by atoms with van der Waals surface area (Å²) >= 11 is 0. The van der Waals surface area contributed by atoms with E-state index in [1.165, 1.54) is 5.56 Å². The van der Waals surface area contributed by atoms with E-state index < -0.39 is 5.92 Å². The maximum Gasteiger partial charge on any atom is 0.246 e. The van der Waals surface area contributed by atoms with Gasteiger partial charge in [0.1, 0.15) is 0 Å². The van der Waals surface area contributed by atoms with Crippen LogP contribution in [0.3, 0.4) is 0 Å². The zero-order valence-electron chi connectivity index (χ0n) is 17.3. The van der Waals surface area contributed by atoms with E-state index in [9.17, 15) is 9.59 Å². The van der Waals surface area contributed by atoms with Crippen molar-refractivity contribution in [2.75, 3.05) is 11.4 Å². The van der Waals surface area contributed by atoms with Crippen molar-refractivity contribution < 1.29 is 14.1 Å². The number of nitrogens with zero attached hydrogens (tertiary/aromatic N) is 5. The lowest BCUT2D eigenvalue weighted by Crippen LogP contribution is -2.32. The number of nitrogens with one attached hydrogen (secondary N) is 1. The van der Waals surface area contributed by atoms with E-state index in [0.717, 1.165) is 23.4 Å².